The molecule has 0 radical (unpaired) electrons. The van der Waals surface area contributed by atoms with Gasteiger partial charge in [-0.2, -0.15) is 0 Å². The van der Waals surface area contributed by atoms with Gasteiger partial charge in [0.25, 0.3) is 0 Å². The number of carbonyl (C=O) groups excluding carboxylic acids is 1. The largest absolute Gasteiger partial charge is 0.415 e. The van der Waals surface area contributed by atoms with Crippen LogP contribution in [0.5, 0.6) is 5.75 Å². The van der Waals surface area contributed by atoms with Gasteiger partial charge in [-0.1, -0.05) is 12.1 Å². The molecule has 0 saturated carbocycles. The summed E-state index contributed by atoms with van der Waals surface area (Å²) < 4.78 is 5.54. The van der Waals surface area contributed by atoms with Crippen molar-refractivity contribution in [2.24, 2.45) is 0 Å². The van der Waals surface area contributed by atoms with Crippen LogP contribution in [0.25, 0.3) is 10.9 Å². The third kappa shape index (κ3) is 4.41. The van der Waals surface area contributed by atoms with Crippen molar-refractivity contribution in [3.05, 3.63) is 66.6 Å². The van der Waals surface area contributed by atoms with Crippen LogP contribution in [0, 0.1) is 0 Å². The van der Waals surface area contributed by atoms with E-state index in [1.165, 1.54) is 0 Å². The summed E-state index contributed by atoms with van der Waals surface area (Å²) in [6.45, 7) is 4.00. The fourth-order valence-electron chi connectivity index (χ4n) is 3.25. The molecule has 27 heavy (non-hydrogen) atoms. The maximum absolute atomic E-state index is 12.4. The second-order valence-electron chi connectivity index (χ2n) is 6.63. The fraction of sp³-hybridized carbons (Fsp3) is 0.286. The van der Waals surface area contributed by atoms with Crippen molar-refractivity contribution in [2.45, 2.75) is 6.42 Å². The molecular weight excluding hydrogens is 340 g/mol. The Labute approximate surface area is 158 Å². The zero-order valence-corrected chi connectivity index (χ0v) is 15.1. The highest BCUT2D eigenvalue weighted by molar-refractivity contribution is 5.81. The lowest BCUT2D eigenvalue weighted by Gasteiger charge is -2.33. The van der Waals surface area contributed by atoms with Gasteiger partial charge in [0.1, 0.15) is 5.75 Å². The summed E-state index contributed by atoms with van der Waals surface area (Å²) in [5, 5.41) is 1.03. The maximum atomic E-state index is 12.4. The molecule has 2 aromatic heterocycles. The van der Waals surface area contributed by atoms with Crippen LogP contribution in [0.15, 0.2) is 60.9 Å². The second kappa shape index (κ2) is 8.14. The molecule has 1 aliphatic heterocycles. The fourth-order valence-corrected chi connectivity index (χ4v) is 3.25. The van der Waals surface area contributed by atoms with Gasteiger partial charge in [-0.3, -0.25) is 14.9 Å². The Morgan fingerprint density at radius 3 is 2.63 bits per heavy atom. The molecule has 3 heterocycles. The summed E-state index contributed by atoms with van der Waals surface area (Å²) >= 11 is 0. The van der Waals surface area contributed by atoms with Crippen LogP contribution >= 0.6 is 0 Å². The standard InChI is InChI=1S/C21H22N4O2/c26-21(27-19-7-6-17-4-3-10-23-20(17)16-19)25-14-12-24(13-15-25)11-8-18-5-1-2-9-22-18/h1-7,9-10,16H,8,11-15H2. The predicted molar refractivity (Wildman–Crippen MR) is 104 cm³/mol. The van der Waals surface area contributed by atoms with Crippen LogP contribution in [-0.2, 0) is 6.42 Å². The number of fused-ring (bicyclic) bond motifs is 1. The van der Waals surface area contributed by atoms with Crippen molar-refractivity contribution in [3.8, 4) is 5.75 Å². The number of aromatic nitrogens is 2. The van der Waals surface area contributed by atoms with Crippen molar-refractivity contribution in [1.29, 1.82) is 0 Å². The van der Waals surface area contributed by atoms with Gasteiger partial charge in [0.2, 0.25) is 0 Å². The Morgan fingerprint density at radius 2 is 1.81 bits per heavy atom. The molecule has 6 nitrogen and oxygen atoms in total. The lowest BCUT2D eigenvalue weighted by atomic mass is 10.2. The molecule has 1 aromatic carbocycles. The van der Waals surface area contributed by atoms with Crippen LogP contribution < -0.4 is 4.74 Å². The molecule has 0 N–H and O–H groups in total. The maximum Gasteiger partial charge on any atom is 0.415 e. The van der Waals surface area contributed by atoms with Crippen LogP contribution in [0.4, 0.5) is 4.79 Å². The molecule has 0 atom stereocenters. The summed E-state index contributed by atoms with van der Waals surface area (Å²) in [7, 11) is 0. The summed E-state index contributed by atoms with van der Waals surface area (Å²) in [6.07, 6.45) is 4.19. The van der Waals surface area contributed by atoms with Gasteiger partial charge < -0.3 is 9.64 Å². The first-order valence-electron chi connectivity index (χ1n) is 9.22. The molecule has 0 bridgehead atoms. The third-order valence-electron chi connectivity index (χ3n) is 4.82. The van der Waals surface area contributed by atoms with Gasteiger partial charge >= 0.3 is 6.09 Å². The number of piperazine rings is 1. The molecule has 1 fully saturated rings. The summed E-state index contributed by atoms with van der Waals surface area (Å²) in [4.78, 5) is 25.2. The van der Waals surface area contributed by atoms with E-state index < -0.39 is 0 Å². The number of hydrogen-bond donors (Lipinski definition) is 0. The van der Waals surface area contributed by atoms with Crippen molar-refractivity contribution in [1.82, 2.24) is 19.8 Å². The molecule has 0 aliphatic carbocycles. The van der Waals surface area contributed by atoms with E-state index in [2.05, 4.69) is 14.9 Å². The van der Waals surface area contributed by atoms with Gasteiger partial charge in [-0.25, -0.2) is 4.79 Å². The number of benzene rings is 1. The molecular formula is C21H22N4O2. The van der Waals surface area contributed by atoms with Crippen LogP contribution in [0.2, 0.25) is 0 Å². The Kier molecular flexibility index (Phi) is 5.25. The third-order valence-corrected chi connectivity index (χ3v) is 4.82. The Bertz CT molecular complexity index is 908. The lowest BCUT2D eigenvalue weighted by Crippen LogP contribution is -2.49. The van der Waals surface area contributed by atoms with Gasteiger partial charge in [0.05, 0.1) is 5.52 Å². The molecule has 138 valence electrons. The normalized spacial score (nSPS) is 15.0. The van der Waals surface area contributed by atoms with E-state index in [-0.39, 0.29) is 6.09 Å². The van der Waals surface area contributed by atoms with Crippen molar-refractivity contribution < 1.29 is 9.53 Å². The molecule has 0 spiro atoms. The van der Waals surface area contributed by atoms with Gasteiger partial charge in [0, 0.05) is 68.7 Å². The minimum atomic E-state index is -0.297. The van der Waals surface area contributed by atoms with E-state index in [0.717, 1.165) is 42.7 Å². The van der Waals surface area contributed by atoms with E-state index in [0.29, 0.717) is 18.8 Å². The number of amides is 1. The number of carbonyl (C=O) groups is 1. The summed E-state index contributed by atoms with van der Waals surface area (Å²) in [5.41, 5.74) is 1.92. The predicted octanol–water partition coefficient (Wildman–Crippen LogP) is 2.99. The highest BCUT2D eigenvalue weighted by atomic mass is 16.6. The minimum absolute atomic E-state index is 0.297. The Morgan fingerprint density at radius 1 is 0.963 bits per heavy atom. The first-order valence-corrected chi connectivity index (χ1v) is 9.22. The van der Waals surface area contributed by atoms with E-state index in [1.54, 1.807) is 17.2 Å². The highest BCUT2D eigenvalue weighted by Crippen LogP contribution is 2.19. The average molecular weight is 362 g/mol. The van der Waals surface area contributed by atoms with E-state index in [4.69, 9.17) is 4.74 Å². The number of ether oxygens (including phenoxy) is 1. The molecule has 6 heteroatoms. The van der Waals surface area contributed by atoms with E-state index in [1.807, 2.05) is 48.7 Å². The minimum Gasteiger partial charge on any atom is -0.410 e. The first-order chi connectivity index (χ1) is 13.3. The summed E-state index contributed by atoms with van der Waals surface area (Å²) in [5.74, 6) is 0.531. The Balaban J connectivity index is 1.27. The topological polar surface area (TPSA) is 58.6 Å². The van der Waals surface area contributed by atoms with Gasteiger partial charge in [-0.15, -0.1) is 0 Å². The van der Waals surface area contributed by atoms with E-state index >= 15 is 0 Å². The monoisotopic (exact) mass is 362 g/mol. The van der Waals surface area contributed by atoms with Gasteiger partial charge in [-0.05, 0) is 30.3 Å². The average Bonchev–Trinajstić information content (AvgIpc) is 2.73. The van der Waals surface area contributed by atoms with Gasteiger partial charge in [0.15, 0.2) is 0 Å². The van der Waals surface area contributed by atoms with Crippen molar-refractivity contribution >= 4 is 17.0 Å². The molecule has 0 unspecified atom stereocenters. The smallest absolute Gasteiger partial charge is 0.410 e. The van der Waals surface area contributed by atoms with Crippen LogP contribution in [0.1, 0.15) is 5.69 Å². The lowest BCUT2D eigenvalue weighted by molar-refractivity contribution is 0.111. The zero-order chi connectivity index (χ0) is 18.5. The number of hydrogen-bond acceptors (Lipinski definition) is 5. The number of pyridine rings is 2. The molecule has 3 aromatic rings. The summed E-state index contributed by atoms with van der Waals surface area (Å²) in [6, 6.07) is 15.4. The zero-order valence-electron chi connectivity index (χ0n) is 15.1. The van der Waals surface area contributed by atoms with Crippen LogP contribution in [-0.4, -0.2) is 58.6 Å². The molecule has 4 rings (SSSR count). The van der Waals surface area contributed by atoms with E-state index in [9.17, 15) is 4.79 Å². The second-order valence-corrected chi connectivity index (χ2v) is 6.63. The Hall–Kier alpha value is -2.99. The first kappa shape index (κ1) is 17.4. The number of rotatable bonds is 4. The van der Waals surface area contributed by atoms with Crippen LogP contribution in [0.3, 0.4) is 0 Å². The SMILES string of the molecule is O=C(Oc1ccc2cccnc2c1)N1CCN(CCc2ccccn2)CC1. The molecule has 1 saturated heterocycles. The molecule has 1 aliphatic rings. The van der Waals surface area contributed by atoms with Crippen molar-refractivity contribution in [2.75, 3.05) is 32.7 Å². The molecule has 1 amide bonds. The quantitative estimate of drug-likeness (QED) is 0.714. The highest BCUT2D eigenvalue weighted by Gasteiger charge is 2.22. The van der Waals surface area contributed by atoms with Crippen molar-refractivity contribution in [3.63, 3.8) is 0 Å². The number of nitrogens with zero attached hydrogens (tertiary/aromatic N) is 4.